The van der Waals surface area contributed by atoms with Gasteiger partial charge >= 0.3 is 0 Å². The third-order valence-electron chi connectivity index (χ3n) is 5.72. The minimum Gasteiger partial charge on any atom is -0.507 e. The maximum Gasteiger partial charge on any atom is 0.203 e. The topological polar surface area (TPSA) is 58.9 Å². The fourth-order valence-electron chi connectivity index (χ4n) is 4.61. The predicted molar refractivity (Wildman–Crippen MR) is 96.9 cm³/mol. The average molecular weight is 340 g/mol. The standard InChI is InChI=1S/C21H24O4/c1-24-17-11-15-14(20(23)21(17)25-2)8-4-7-12-5-3-6-13-9-10-16(22)19(15)18(12)13/h9-12,22-23H,3-8H2,1-2H3/t12-/m1/s1. The van der Waals surface area contributed by atoms with Crippen LogP contribution in [0.2, 0.25) is 0 Å². The highest BCUT2D eigenvalue weighted by Crippen LogP contribution is 2.52. The third kappa shape index (κ3) is 2.43. The molecule has 2 aromatic carbocycles. The Morgan fingerprint density at radius 3 is 2.48 bits per heavy atom. The number of hydrogen-bond donors (Lipinski definition) is 2. The number of rotatable bonds is 2. The molecule has 2 aliphatic rings. The lowest BCUT2D eigenvalue weighted by Gasteiger charge is -2.32. The minimum absolute atomic E-state index is 0.128. The second-order valence-corrected chi connectivity index (χ2v) is 7.00. The second-order valence-electron chi connectivity index (χ2n) is 7.00. The van der Waals surface area contributed by atoms with Crippen LogP contribution in [0, 0.1) is 0 Å². The number of phenolic OH excluding ortho intramolecular Hbond substituents is 2. The van der Waals surface area contributed by atoms with Crippen molar-refractivity contribution in [1.29, 1.82) is 0 Å². The van der Waals surface area contributed by atoms with Gasteiger partial charge in [0.2, 0.25) is 5.75 Å². The molecule has 0 aromatic heterocycles. The minimum atomic E-state index is 0.128. The zero-order chi connectivity index (χ0) is 17.6. The molecule has 4 nitrogen and oxygen atoms in total. The molecular formula is C21H24O4. The molecule has 4 heteroatoms. The Balaban J connectivity index is 2.06. The second kappa shape index (κ2) is 6.17. The summed E-state index contributed by atoms with van der Waals surface area (Å²) in [6, 6.07) is 5.75. The first-order chi connectivity index (χ1) is 12.2. The summed E-state index contributed by atoms with van der Waals surface area (Å²) in [6.45, 7) is 0. The summed E-state index contributed by atoms with van der Waals surface area (Å²) in [5.74, 6) is 1.74. The van der Waals surface area contributed by atoms with E-state index in [0.717, 1.165) is 48.8 Å². The van der Waals surface area contributed by atoms with E-state index < -0.39 is 0 Å². The number of methoxy groups -OCH3 is 2. The zero-order valence-corrected chi connectivity index (χ0v) is 14.8. The van der Waals surface area contributed by atoms with Crippen LogP contribution in [-0.2, 0) is 12.8 Å². The van der Waals surface area contributed by atoms with Crippen LogP contribution in [0.3, 0.4) is 0 Å². The van der Waals surface area contributed by atoms with Crippen LogP contribution in [0.5, 0.6) is 23.0 Å². The fraction of sp³-hybridized carbons (Fsp3) is 0.429. The van der Waals surface area contributed by atoms with Crippen molar-refractivity contribution in [1.82, 2.24) is 0 Å². The summed E-state index contributed by atoms with van der Waals surface area (Å²) in [7, 11) is 3.10. The Bertz CT molecular complexity index is 825. The molecule has 4 rings (SSSR count). The number of aryl methyl sites for hydroxylation is 1. The first-order valence-corrected chi connectivity index (χ1v) is 8.97. The van der Waals surface area contributed by atoms with Gasteiger partial charge in [-0.2, -0.15) is 0 Å². The molecule has 0 unspecified atom stereocenters. The lowest BCUT2D eigenvalue weighted by molar-refractivity contribution is 0.331. The van der Waals surface area contributed by atoms with Gasteiger partial charge in [-0.3, -0.25) is 0 Å². The number of ether oxygens (including phenoxy) is 2. The smallest absolute Gasteiger partial charge is 0.203 e. The zero-order valence-electron chi connectivity index (χ0n) is 14.8. The van der Waals surface area contributed by atoms with Gasteiger partial charge in [0.25, 0.3) is 0 Å². The van der Waals surface area contributed by atoms with E-state index in [-0.39, 0.29) is 11.5 Å². The molecule has 2 aliphatic carbocycles. The first kappa shape index (κ1) is 16.1. The van der Waals surface area contributed by atoms with E-state index in [1.807, 2.05) is 6.07 Å². The molecule has 0 heterocycles. The van der Waals surface area contributed by atoms with Crippen molar-refractivity contribution in [3.05, 3.63) is 34.9 Å². The van der Waals surface area contributed by atoms with Crippen molar-refractivity contribution in [3.63, 3.8) is 0 Å². The predicted octanol–water partition coefficient (Wildman–Crippen LogP) is 4.54. The summed E-state index contributed by atoms with van der Waals surface area (Å²) in [5.41, 5.74) is 5.17. The van der Waals surface area contributed by atoms with Crippen molar-refractivity contribution in [2.75, 3.05) is 14.2 Å². The molecule has 0 fully saturated rings. The number of benzene rings is 2. The van der Waals surface area contributed by atoms with Crippen molar-refractivity contribution in [2.24, 2.45) is 0 Å². The Morgan fingerprint density at radius 1 is 1.00 bits per heavy atom. The largest absolute Gasteiger partial charge is 0.507 e. The van der Waals surface area contributed by atoms with Crippen molar-refractivity contribution >= 4 is 0 Å². The molecule has 0 radical (unpaired) electrons. The molecule has 2 aromatic rings. The van der Waals surface area contributed by atoms with E-state index in [2.05, 4.69) is 6.07 Å². The molecule has 2 N–H and O–H groups in total. The summed E-state index contributed by atoms with van der Waals surface area (Å²) < 4.78 is 10.8. The van der Waals surface area contributed by atoms with Gasteiger partial charge in [0.1, 0.15) is 5.75 Å². The molecule has 0 saturated heterocycles. The SMILES string of the molecule is COc1cc2c(c(O)c1OC)CCC[C@H]1CCCc3ccc(O)c-2c31. The Labute approximate surface area is 148 Å². The van der Waals surface area contributed by atoms with Gasteiger partial charge in [0, 0.05) is 11.1 Å². The number of phenols is 2. The monoisotopic (exact) mass is 340 g/mol. The number of hydrogen-bond acceptors (Lipinski definition) is 4. The molecule has 0 saturated carbocycles. The highest BCUT2D eigenvalue weighted by Gasteiger charge is 2.31. The first-order valence-electron chi connectivity index (χ1n) is 8.97. The highest BCUT2D eigenvalue weighted by atomic mass is 16.5. The Hall–Kier alpha value is -2.36. The summed E-state index contributed by atoms with van der Waals surface area (Å²) >= 11 is 0. The van der Waals surface area contributed by atoms with Crippen LogP contribution in [0.1, 0.15) is 48.3 Å². The van der Waals surface area contributed by atoms with Gasteiger partial charge in [0.05, 0.1) is 14.2 Å². The van der Waals surface area contributed by atoms with Crippen LogP contribution in [0.15, 0.2) is 18.2 Å². The van der Waals surface area contributed by atoms with E-state index in [4.69, 9.17) is 9.47 Å². The summed E-state index contributed by atoms with van der Waals surface area (Å²) in [4.78, 5) is 0. The van der Waals surface area contributed by atoms with Crippen LogP contribution in [-0.4, -0.2) is 24.4 Å². The van der Waals surface area contributed by atoms with Gasteiger partial charge < -0.3 is 19.7 Å². The number of fused-ring (bicyclic) bond motifs is 2. The van der Waals surface area contributed by atoms with E-state index >= 15 is 0 Å². The van der Waals surface area contributed by atoms with Crippen LogP contribution in [0.4, 0.5) is 0 Å². The molecule has 1 atom stereocenters. The Kier molecular flexibility index (Phi) is 3.98. The molecule has 0 bridgehead atoms. The van der Waals surface area contributed by atoms with Gasteiger partial charge in [-0.25, -0.2) is 0 Å². The van der Waals surface area contributed by atoms with Crippen LogP contribution >= 0.6 is 0 Å². The average Bonchev–Trinajstić information content (AvgIpc) is 2.61. The fourth-order valence-corrected chi connectivity index (χ4v) is 4.61. The third-order valence-corrected chi connectivity index (χ3v) is 5.72. The van der Waals surface area contributed by atoms with Gasteiger partial charge in [-0.15, -0.1) is 0 Å². The quantitative estimate of drug-likeness (QED) is 0.843. The van der Waals surface area contributed by atoms with Crippen molar-refractivity contribution < 1.29 is 19.7 Å². The molecule has 0 amide bonds. The Morgan fingerprint density at radius 2 is 1.76 bits per heavy atom. The van der Waals surface area contributed by atoms with Crippen molar-refractivity contribution in [3.8, 4) is 34.1 Å². The van der Waals surface area contributed by atoms with E-state index in [1.165, 1.54) is 24.7 Å². The molecule has 25 heavy (non-hydrogen) atoms. The highest BCUT2D eigenvalue weighted by molar-refractivity contribution is 5.83. The molecular weight excluding hydrogens is 316 g/mol. The molecule has 0 spiro atoms. The normalized spacial score (nSPS) is 18.6. The lowest BCUT2D eigenvalue weighted by atomic mass is 9.73. The lowest BCUT2D eigenvalue weighted by Crippen LogP contribution is -2.14. The van der Waals surface area contributed by atoms with E-state index in [9.17, 15) is 10.2 Å². The summed E-state index contributed by atoms with van der Waals surface area (Å²) in [6.07, 6.45) is 6.27. The van der Waals surface area contributed by atoms with Crippen molar-refractivity contribution in [2.45, 2.75) is 44.4 Å². The van der Waals surface area contributed by atoms with E-state index in [0.29, 0.717) is 17.4 Å². The molecule has 0 aliphatic heterocycles. The maximum absolute atomic E-state index is 10.8. The van der Waals surface area contributed by atoms with Crippen LogP contribution in [0.25, 0.3) is 11.1 Å². The maximum atomic E-state index is 10.8. The van der Waals surface area contributed by atoms with E-state index in [1.54, 1.807) is 13.2 Å². The summed E-state index contributed by atoms with van der Waals surface area (Å²) in [5, 5.41) is 21.5. The van der Waals surface area contributed by atoms with Gasteiger partial charge in [0.15, 0.2) is 11.5 Å². The van der Waals surface area contributed by atoms with Crippen LogP contribution < -0.4 is 9.47 Å². The van der Waals surface area contributed by atoms with Gasteiger partial charge in [-0.1, -0.05) is 6.07 Å². The number of aromatic hydroxyl groups is 2. The van der Waals surface area contributed by atoms with Gasteiger partial charge in [-0.05, 0) is 73.3 Å². The molecule has 132 valence electrons.